The first-order chi connectivity index (χ1) is 14.6. The van der Waals surface area contributed by atoms with E-state index in [4.69, 9.17) is 23.2 Å². The van der Waals surface area contributed by atoms with Gasteiger partial charge in [-0.1, -0.05) is 23.2 Å². The molecule has 0 unspecified atom stereocenters. The van der Waals surface area contributed by atoms with Crippen LogP contribution in [-0.2, 0) is 17.9 Å². The monoisotopic (exact) mass is 474 g/mol. The molecule has 6 nitrogen and oxygen atoms in total. The van der Waals surface area contributed by atoms with E-state index in [9.17, 15) is 22.8 Å². The van der Waals surface area contributed by atoms with Gasteiger partial charge >= 0.3 is 11.9 Å². The third-order valence-corrected chi connectivity index (χ3v) is 5.06. The normalized spacial score (nSPS) is 11.8. The molecule has 2 aromatic heterocycles. The molecule has 2 heterocycles. The van der Waals surface area contributed by atoms with Crippen molar-refractivity contribution in [2.24, 2.45) is 0 Å². The Kier molecular flexibility index (Phi) is 6.96. The van der Waals surface area contributed by atoms with E-state index < -0.39 is 24.2 Å². The Morgan fingerprint density at radius 1 is 1.10 bits per heavy atom. The molecule has 0 aliphatic rings. The Balaban J connectivity index is 1.87. The minimum absolute atomic E-state index is 0.132. The van der Waals surface area contributed by atoms with Crippen LogP contribution in [0, 0.1) is 0 Å². The number of aryl methyl sites for hydroxylation is 1. The predicted molar refractivity (Wildman–Crippen MR) is 113 cm³/mol. The van der Waals surface area contributed by atoms with Crippen LogP contribution < -0.4 is 11.0 Å². The molecular formula is C20H19Cl2F3N4O2. The summed E-state index contributed by atoms with van der Waals surface area (Å²) in [6.45, 7) is 1.65. The minimum atomic E-state index is -4.27. The second kappa shape index (κ2) is 9.32. The third kappa shape index (κ3) is 5.59. The maximum atomic E-state index is 12.8. The summed E-state index contributed by atoms with van der Waals surface area (Å²) in [7, 11) is 0. The lowest BCUT2D eigenvalue weighted by molar-refractivity contribution is -0.136. The summed E-state index contributed by atoms with van der Waals surface area (Å²) in [5.74, 6) is -0.563. The highest BCUT2D eigenvalue weighted by atomic mass is 35.5. The van der Waals surface area contributed by atoms with Gasteiger partial charge in [-0.3, -0.25) is 13.9 Å². The maximum Gasteiger partial charge on any atom is 0.389 e. The summed E-state index contributed by atoms with van der Waals surface area (Å²) in [5, 5.41) is 3.32. The van der Waals surface area contributed by atoms with Crippen LogP contribution in [0.1, 0.15) is 19.8 Å². The molecular weight excluding hydrogens is 456 g/mol. The number of alkyl halides is 3. The zero-order chi connectivity index (χ0) is 22.8. The van der Waals surface area contributed by atoms with Crippen molar-refractivity contribution in [1.82, 2.24) is 19.4 Å². The van der Waals surface area contributed by atoms with E-state index in [1.807, 2.05) is 0 Å². The third-order valence-electron chi connectivity index (χ3n) is 4.63. The molecule has 0 bridgehead atoms. The number of hydrogen-bond acceptors (Lipinski definition) is 3. The van der Waals surface area contributed by atoms with Gasteiger partial charge in [0.05, 0.1) is 5.52 Å². The van der Waals surface area contributed by atoms with Crippen LogP contribution in [0.25, 0.3) is 22.3 Å². The van der Waals surface area contributed by atoms with Crippen molar-refractivity contribution in [3.8, 4) is 11.1 Å². The van der Waals surface area contributed by atoms with E-state index in [-0.39, 0.29) is 19.5 Å². The second-order valence-corrected chi connectivity index (χ2v) is 7.78. The molecule has 0 saturated heterocycles. The van der Waals surface area contributed by atoms with Gasteiger partial charge in [0.2, 0.25) is 5.91 Å². The summed E-state index contributed by atoms with van der Waals surface area (Å²) in [5.41, 5.74) is 1.79. The summed E-state index contributed by atoms with van der Waals surface area (Å²) >= 11 is 12.1. The standard InChI is InChI=1S/C20H19Cl2F3N4O2/c1-2-28-16-8-13(12-6-14(21)9-15(22)7-12)10-27-18(16)29(19(28)31)11-17(30)26-5-3-4-20(23,24)25/h6-10H,2-5,11H2,1H3,(H,26,30). The molecule has 31 heavy (non-hydrogen) atoms. The lowest BCUT2D eigenvalue weighted by atomic mass is 10.1. The Morgan fingerprint density at radius 3 is 2.39 bits per heavy atom. The average Bonchev–Trinajstić information content (AvgIpc) is 2.94. The van der Waals surface area contributed by atoms with Gasteiger partial charge < -0.3 is 5.32 Å². The van der Waals surface area contributed by atoms with E-state index in [1.54, 1.807) is 37.4 Å². The van der Waals surface area contributed by atoms with E-state index in [0.717, 1.165) is 5.56 Å². The number of carbonyl (C=O) groups excluding carboxylic acids is 1. The Bertz CT molecular complexity index is 1150. The van der Waals surface area contributed by atoms with Crippen LogP contribution in [0.3, 0.4) is 0 Å². The molecule has 166 valence electrons. The number of halogens is 5. The van der Waals surface area contributed by atoms with Crippen LogP contribution in [0.2, 0.25) is 10.0 Å². The van der Waals surface area contributed by atoms with Crippen molar-refractivity contribution in [2.75, 3.05) is 6.54 Å². The van der Waals surface area contributed by atoms with Crippen molar-refractivity contribution in [1.29, 1.82) is 0 Å². The van der Waals surface area contributed by atoms with Crippen LogP contribution in [-0.4, -0.2) is 32.7 Å². The number of nitrogens with zero attached hydrogens (tertiary/aromatic N) is 3. The minimum Gasteiger partial charge on any atom is -0.355 e. The number of rotatable bonds is 7. The zero-order valence-electron chi connectivity index (χ0n) is 16.5. The molecule has 1 aromatic carbocycles. The summed E-state index contributed by atoms with van der Waals surface area (Å²) < 4.78 is 39.3. The molecule has 0 fully saturated rings. The van der Waals surface area contributed by atoms with Gasteiger partial charge in [-0.05, 0) is 43.2 Å². The number of fused-ring (bicyclic) bond motifs is 1. The quantitative estimate of drug-likeness (QED) is 0.506. The second-order valence-electron chi connectivity index (χ2n) is 6.91. The number of carbonyl (C=O) groups is 1. The fraction of sp³-hybridized carbons (Fsp3) is 0.350. The Labute approximate surface area is 185 Å². The highest BCUT2D eigenvalue weighted by Gasteiger charge is 2.26. The van der Waals surface area contributed by atoms with Crippen LogP contribution in [0.4, 0.5) is 13.2 Å². The lowest BCUT2D eigenvalue weighted by Gasteiger charge is -2.08. The van der Waals surface area contributed by atoms with Crippen LogP contribution in [0.15, 0.2) is 35.3 Å². The number of benzene rings is 1. The molecule has 0 radical (unpaired) electrons. The van der Waals surface area contributed by atoms with E-state index in [0.29, 0.717) is 33.3 Å². The first kappa shape index (κ1) is 23.1. The van der Waals surface area contributed by atoms with Gasteiger partial charge in [-0.25, -0.2) is 9.78 Å². The molecule has 0 atom stereocenters. The molecule has 1 N–H and O–H groups in total. The van der Waals surface area contributed by atoms with E-state index in [1.165, 1.54) is 9.13 Å². The Morgan fingerprint density at radius 2 is 1.77 bits per heavy atom. The summed E-state index contributed by atoms with van der Waals surface area (Å²) in [4.78, 5) is 29.3. The van der Waals surface area contributed by atoms with Gasteiger partial charge in [0.25, 0.3) is 0 Å². The largest absolute Gasteiger partial charge is 0.389 e. The number of amides is 1. The number of hydrogen-bond donors (Lipinski definition) is 1. The van der Waals surface area contributed by atoms with Crippen molar-refractivity contribution >= 4 is 40.3 Å². The first-order valence-corrected chi connectivity index (χ1v) is 10.2. The molecule has 0 saturated carbocycles. The van der Waals surface area contributed by atoms with Crippen molar-refractivity contribution < 1.29 is 18.0 Å². The molecule has 0 spiro atoms. The number of nitrogens with one attached hydrogen (secondary N) is 1. The van der Waals surface area contributed by atoms with Crippen LogP contribution >= 0.6 is 23.2 Å². The van der Waals surface area contributed by atoms with Gasteiger partial charge in [0.1, 0.15) is 6.54 Å². The SMILES string of the molecule is CCn1c(=O)n(CC(=O)NCCCC(F)(F)F)c2ncc(-c3cc(Cl)cc(Cl)c3)cc21. The molecule has 3 aromatic rings. The number of aromatic nitrogens is 3. The van der Waals surface area contributed by atoms with Gasteiger partial charge in [-0.15, -0.1) is 0 Å². The summed E-state index contributed by atoms with van der Waals surface area (Å²) in [6.07, 6.45) is -3.95. The summed E-state index contributed by atoms with van der Waals surface area (Å²) in [6, 6.07) is 6.80. The number of pyridine rings is 1. The molecule has 1 amide bonds. The van der Waals surface area contributed by atoms with Crippen molar-refractivity contribution in [3.05, 3.63) is 51.0 Å². The van der Waals surface area contributed by atoms with Crippen molar-refractivity contribution in [3.63, 3.8) is 0 Å². The molecule has 0 aliphatic carbocycles. The first-order valence-electron chi connectivity index (χ1n) is 9.48. The maximum absolute atomic E-state index is 12.8. The molecule has 0 aliphatic heterocycles. The number of imidazole rings is 1. The highest BCUT2D eigenvalue weighted by Crippen LogP contribution is 2.28. The predicted octanol–water partition coefficient (Wildman–Crippen LogP) is 4.65. The molecule has 11 heteroatoms. The van der Waals surface area contributed by atoms with Gasteiger partial charge in [0, 0.05) is 41.3 Å². The van der Waals surface area contributed by atoms with Gasteiger partial charge in [-0.2, -0.15) is 13.2 Å². The zero-order valence-corrected chi connectivity index (χ0v) is 18.0. The Hall–Kier alpha value is -2.52. The fourth-order valence-corrected chi connectivity index (χ4v) is 3.76. The highest BCUT2D eigenvalue weighted by molar-refractivity contribution is 6.35. The lowest BCUT2D eigenvalue weighted by Crippen LogP contribution is -2.33. The fourth-order valence-electron chi connectivity index (χ4n) is 3.23. The van der Waals surface area contributed by atoms with Crippen LogP contribution in [0.5, 0.6) is 0 Å². The van der Waals surface area contributed by atoms with Gasteiger partial charge in [0.15, 0.2) is 5.65 Å². The average molecular weight is 475 g/mol. The van der Waals surface area contributed by atoms with Crippen molar-refractivity contribution in [2.45, 2.75) is 39.0 Å². The molecule has 3 rings (SSSR count). The smallest absolute Gasteiger partial charge is 0.355 e. The van der Waals surface area contributed by atoms with E-state index >= 15 is 0 Å². The topological polar surface area (TPSA) is 68.9 Å². The van der Waals surface area contributed by atoms with E-state index in [2.05, 4.69) is 10.3 Å².